The quantitative estimate of drug-likeness (QED) is 0.870. The van der Waals surface area contributed by atoms with E-state index in [-0.39, 0.29) is 6.04 Å². The monoisotopic (exact) mass is 376 g/mol. The number of aromatic nitrogens is 2. The number of halogens is 2. The maximum Gasteiger partial charge on any atom is 0.0843 e. The van der Waals surface area contributed by atoms with Crippen molar-refractivity contribution >= 4 is 38.9 Å². The number of likely N-dealkylation sites (N-methyl/N-ethyl adjacent to an activating group) is 1. The number of hydrogen-bond acceptors (Lipinski definition) is 4. The third-order valence-electron chi connectivity index (χ3n) is 3.09. The Kier molecular flexibility index (Phi) is 5.25. The topological polar surface area (TPSA) is 47.1 Å². The molecule has 0 saturated carbocycles. The normalized spacial score (nSPS) is 13.2. The molecule has 0 aliphatic heterocycles. The van der Waals surface area contributed by atoms with Gasteiger partial charge in [0.1, 0.15) is 0 Å². The second kappa shape index (κ2) is 6.58. The smallest absolute Gasteiger partial charge is 0.0843 e. The van der Waals surface area contributed by atoms with E-state index in [1.165, 1.54) is 0 Å². The zero-order chi connectivity index (χ0) is 14.9. The molecule has 0 amide bonds. The van der Waals surface area contributed by atoms with Crippen molar-refractivity contribution in [3.63, 3.8) is 0 Å². The summed E-state index contributed by atoms with van der Waals surface area (Å²) in [5.41, 5.74) is 8.44. The summed E-state index contributed by atoms with van der Waals surface area (Å²) >= 11 is 11.5. The summed E-state index contributed by atoms with van der Waals surface area (Å²) in [4.78, 5) is 3.10. The van der Waals surface area contributed by atoms with Crippen LogP contribution in [0, 0.1) is 6.92 Å². The summed E-state index contributed by atoms with van der Waals surface area (Å²) in [7, 11) is 4.08. The van der Waals surface area contributed by atoms with Gasteiger partial charge in [0.25, 0.3) is 0 Å². The van der Waals surface area contributed by atoms with Crippen molar-refractivity contribution in [2.75, 3.05) is 20.6 Å². The molecular formula is C13H18BrClN4S. The average Bonchev–Trinajstić information content (AvgIpc) is 2.91. The van der Waals surface area contributed by atoms with Crippen LogP contribution < -0.4 is 5.73 Å². The molecule has 0 bridgehead atoms. The maximum absolute atomic E-state index is 6.40. The van der Waals surface area contributed by atoms with Crippen LogP contribution in [0.15, 0.2) is 16.0 Å². The van der Waals surface area contributed by atoms with Gasteiger partial charge in [-0.1, -0.05) is 11.6 Å². The minimum absolute atomic E-state index is 0.264. The summed E-state index contributed by atoms with van der Waals surface area (Å²) in [6.07, 6.45) is 1.79. The molecule has 1 atom stereocenters. The van der Waals surface area contributed by atoms with Crippen LogP contribution in [0.4, 0.5) is 0 Å². The fraction of sp³-hybridized carbons (Fsp3) is 0.462. The maximum atomic E-state index is 6.40. The lowest BCUT2D eigenvalue weighted by molar-refractivity contribution is 0.368. The van der Waals surface area contributed by atoms with Gasteiger partial charge in [0.05, 0.1) is 34.0 Å². The third kappa shape index (κ3) is 3.26. The van der Waals surface area contributed by atoms with Gasteiger partial charge in [-0.3, -0.25) is 4.68 Å². The molecule has 0 radical (unpaired) electrons. The van der Waals surface area contributed by atoms with Crippen LogP contribution in [-0.4, -0.2) is 35.3 Å². The zero-order valence-electron chi connectivity index (χ0n) is 11.7. The first-order valence-corrected chi connectivity index (χ1v) is 8.32. The standard InChI is InChI=1S/C13H18BrClN4S/c1-8-7-20-13(10(8)15)11(16)12-9(14)6-17-19(12)5-4-18(2)3/h6-7,11H,4-5,16H2,1-3H3. The minimum atomic E-state index is -0.264. The molecule has 0 aliphatic carbocycles. The van der Waals surface area contributed by atoms with E-state index in [0.717, 1.165) is 38.7 Å². The summed E-state index contributed by atoms with van der Waals surface area (Å²) < 4.78 is 2.87. The molecule has 7 heteroatoms. The van der Waals surface area contributed by atoms with Gasteiger partial charge in [0.2, 0.25) is 0 Å². The summed E-state index contributed by atoms with van der Waals surface area (Å²) in [5.74, 6) is 0. The molecule has 2 aromatic rings. The Morgan fingerprint density at radius 2 is 2.25 bits per heavy atom. The van der Waals surface area contributed by atoms with E-state index in [0.29, 0.717) is 0 Å². The van der Waals surface area contributed by atoms with Gasteiger partial charge >= 0.3 is 0 Å². The van der Waals surface area contributed by atoms with Gasteiger partial charge in [-0.15, -0.1) is 11.3 Å². The number of aryl methyl sites for hydroxylation is 1. The molecule has 0 spiro atoms. The van der Waals surface area contributed by atoms with E-state index < -0.39 is 0 Å². The van der Waals surface area contributed by atoms with Gasteiger partial charge in [-0.25, -0.2) is 0 Å². The lowest BCUT2D eigenvalue weighted by atomic mass is 10.1. The van der Waals surface area contributed by atoms with Crippen LogP contribution in [0.25, 0.3) is 0 Å². The Bertz CT molecular complexity index is 593. The molecule has 20 heavy (non-hydrogen) atoms. The predicted octanol–water partition coefficient (Wildman–Crippen LogP) is 3.28. The summed E-state index contributed by atoms with van der Waals surface area (Å²) in [6.45, 7) is 3.70. The SMILES string of the molecule is Cc1csc(C(N)c2c(Br)cnn2CCN(C)C)c1Cl. The Morgan fingerprint density at radius 1 is 1.55 bits per heavy atom. The van der Waals surface area contributed by atoms with Crippen molar-refractivity contribution in [3.05, 3.63) is 37.2 Å². The van der Waals surface area contributed by atoms with Crippen LogP contribution >= 0.6 is 38.9 Å². The largest absolute Gasteiger partial charge is 0.318 e. The van der Waals surface area contributed by atoms with Gasteiger partial charge in [0, 0.05) is 11.4 Å². The molecule has 110 valence electrons. The highest BCUT2D eigenvalue weighted by Crippen LogP contribution is 2.36. The van der Waals surface area contributed by atoms with Crippen molar-refractivity contribution in [1.29, 1.82) is 0 Å². The molecule has 0 aromatic carbocycles. The van der Waals surface area contributed by atoms with E-state index >= 15 is 0 Å². The summed E-state index contributed by atoms with van der Waals surface area (Å²) in [6, 6.07) is -0.264. The molecular weight excluding hydrogens is 360 g/mol. The lowest BCUT2D eigenvalue weighted by Crippen LogP contribution is -2.23. The highest BCUT2D eigenvalue weighted by molar-refractivity contribution is 9.10. The molecule has 4 nitrogen and oxygen atoms in total. The predicted molar refractivity (Wildman–Crippen MR) is 88.6 cm³/mol. The van der Waals surface area contributed by atoms with Crippen molar-refractivity contribution in [3.8, 4) is 0 Å². The molecule has 1 unspecified atom stereocenters. The van der Waals surface area contributed by atoms with Crippen LogP contribution in [0.2, 0.25) is 5.02 Å². The lowest BCUT2D eigenvalue weighted by Gasteiger charge is -2.16. The first-order valence-electron chi connectivity index (χ1n) is 6.26. The molecule has 2 heterocycles. The van der Waals surface area contributed by atoms with Gasteiger partial charge in [-0.05, 0) is 47.9 Å². The van der Waals surface area contributed by atoms with Crippen LogP contribution in [0.1, 0.15) is 22.2 Å². The Balaban J connectivity index is 2.31. The Labute approximate surface area is 136 Å². The molecule has 0 aliphatic rings. The molecule has 0 fully saturated rings. The second-order valence-corrected chi connectivity index (χ2v) is 7.12. The first-order chi connectivity index (χ1) is 9.41. The van der Waals surface area contributed by atoms with Crippen LogP contribution in [-0.2, 0) is 6.54 Å². The number of hydrogen-bond donors (Lipinski definition) is 1. The molecule has 0 saturated heterocycles. The van der Waals surface area contributed by atoms with Crippen LogP contribution in [0.3, 0.4) is 0 Å². The average molecular weight is 378 g/mol. The van der Waals surface area contributed by atoms with Crippen molar-refractivity contribution in [2.45, 2.75) is 19.5 Å². The van der Waals surface area contributed by atoms with Gasteiger partial charge in [-0.2, -0.15) is 5.10 Å². The Morgan fingerprint density at radius 3 is 2.80 bits per heavy atom. The molecule has 2 rings (SSSR count). The fourth-order valence-electron chi connectivity index (χ4n) is 1.94. The highest BCUT2D eigenvalue weighted by atomic mass is 79.9. The van der Waals surface area contributed by atoms with Gasteiger partial charge in [0.15, 0.2) is 0 Å². The number of rotatable bonds is 5. The first kappa shape index (κ1) is 16.0. The zero-order valence-corrected chi connectivity index (χ0v) is 14.9. The number of nitrogens with two attached hydrogens (primary N) is 1. The minimum Gasteiger partial charge on any atom is -0.318 e. The third-order valence-corrected chi connectivity index (χ3v) is 5.50. The van der Waals surface area contributed by atoms with Crippen LogP contribution in [0.5, 0.6) is 0 Å². The molecule has 2 N–H and O–H groups in total. The Hall–Kier alpha value is -0.400. The van der Waals surface area contributed by atoms with E-state index in [9.17, 15) is 0 Å². The van der Waals surface area contributed by atoms with E-state index in [2.05, 4.69) is 25.9 Å². The van der Waals surface area contributed by atoms with E-state index in [1.54, 1.807) is 17.5 Å². The molecule has 2 aromatic heterocycles. The van der Waals surface area contributed by atoms with Gasteiger partial charge < -0.3 is 10.6 Å². The van der Waals surface area contributed by atoms with Crippen molar-refractivity contribution < 1.29 is 0 Å². The highest BCUT2D eigenvalue weighted by Gasteiger charge is 2.22. The second-order valence-electron chi connectivity index (χ2n) is 4.98. The number of thiophene rings is 1. The van der Waals surface area contributed by atoms with Crippen molar-refractivity contribution in [1.82, 2.24) is 14.7 Å². The van der Waals surface area contributed by atoms with Crippen molar-refractivity contribution in [2.24, 2.45) is 5.73 Å². The van der Waals surface area contributed by atoms with E-state index in [1.807, 2.05) is 31.1 Å². The number of nitrogens with zero attached hydrogens (tertiary/aromatic N) is 3. The van der Waals surface area contributed by atoms with E-state index in [4.69, 9.17) is 17.3 Å². The summed E-state index contributed by atoms with van der Waals surface area (Å²) in [5, 5.41) is 7.19. The fourth-order valence-corrected chi connectivity index (χ4v) is 3.80.